The maximum absolute atomic E-state index is 11.2. The van der Waals surface area contributed by atoms with Gasteiger partial charge in [0.05, 0.1) is 0 Å². The third-order valence-electron chi connectivity index (χ3n) is 4.76. The van der Waals surface area contributed by atoms with E-state index in [0.717, 1.165) is 5.56 Å². The average Bonchev–Trinajstić information content (AvgIpc) is 2.25. The van der Waals surface area contributed by atoms with Gasteiger partial charge in [-0.1, -0.05) is 66.7 Å². The first-order chi connectivity index (χ1) is 8.03. The van der Waals surface area contributed by atoms with Crippen LogP contribution in [0.5, 0.6) is 0 Å². The van der Waals surface area contributed by atoms with Gasteiger partial charge in [-0.25, -0.2) is 0 Å². The normalized spacial score (nSPS) is 25.8. The number of fused-ring (bicyclic) bond motifs is 1. The smallest absolute Gasteiger partial charge is 0.104 e. The van der Waals surface area contributed by atoms with E-state index in [0.29, 0.717) is 5.92 Å². The summed E-state index contributed by atoms with van der Waals surface area (Å²) in [5.41, 5.74) is 2.73. The highest BCUT2D eigenvalue weighted by Gasteiger charge is 2.62. The van der Waals surface area contributed by atoms with E-state index < -0.39 is 5.60 Å². The number of hydrogen-bond acceptors (Lipinski definition) is 1. The minimum atomic E-state index is -0.731. The molecule has 1 aliphatic carbocycles. The molecule has 0 bridgehead atoms. The van der Waals surface area contributed by atoms with Gasteiger partial charge in [0, 0.05) is 5.41 Å². The molecule has 0 amide bonds. The lowest BCUT2D eigenvalue weighted by atomic mass is 9.47. The Balaban J connectivity index is 2.60. The third-order valence-corrected chi connectivity index (χ3v) is 4.76. The minimum Gasteiger partial charge on any atom is -0.384 e. The number of benzene rings is 1. The van der Waals surface area contributed by atoms with Gasteiger partial charge in [-0.3, -0.25) is 0 Å². The minimum absolute atomic E-state index is 0.150. The molecule has 0 saturated heterocycles. The summed E-state index contributed by atoms with van der Waals surface area (Å²) in [6, 6.07) is 6.57. The first kappa shape index (κ1) is 13.6. The molecule has 1 aromatic rings. The van der Waals surface area contributed by atoms with Crippen LogP contribution in [0.15, 0.2) is 18.2 Å². The van der Waals surface area contributed by atoms with Crippen molar-refractivity contribution in [2.45, 2.75) is 65.4 Å². The van der Waals surface area contributed by atoms with Crippen molar-refractivity contribution < 1.29 is 5.11 Å². The van der Waals surface area contributed by atoms with Crippen LogP contribution in [-0.4, -0.2) is 5.11 Å². The second-order valence-electron chi connectivity index (χ2n) is 7.55. The first-order valence-electron chi connectivity index (χ1n) is 6.91. The summed E-state index contributed by atoms with van der Waals surface area (Å²) in [6.45, 7) is 15.1. The van der Waals surface area contributed by atoms with Crippen molar-refractivity contribution in [2.75, 3.05) is 0 Å². The SMILES string of the molecule is CC(C)c1ccc2c(c1)C(C)(C)C2(O)C(C)(C)C. The summed E-state index contributed by atoms with van der Waals surface area (Å²) in [7, 11) is 0. The molecule has 1 aromatic carbocycles. The van der Waals surface area contributed by atoms with Gasteiger partial charge in [0.25, 0.3) is 0 Å². The molecule has 100 valence electrons. The van der Waals surface area contributed by atoms with Gasteiger partial charge in [0.2, 0.25) is 0 Å². The van der Waals surface area contributed by atoms with E-state index in [9.17, 15) is 5.11 Å². The Labute approximate surface area is 111 Å². The summed E-state index contributed by atoms with van der Waals surface area (Å²) in [4.78, 5) is 0. The summed E-state index contributed by atoms with van der Waals surface area (Å²) in [5.74, 6) is 0.537. The molecule has 0 radical (unpaired) electrons. The maximum Gasteiger partial charge on any atom is 0.104 e. The van der Waals surface area contributed by atoms with Crippen LogP contribution in [0, 0.1) is 5.41 Å². The zero-order valence-electron chi connectivity index (χ0n) is 12.8. The van der Waals surface area contributed by atoms with E-state index >= 15 is 0 Å². The van der Waals surface area contributed by atoms with Gasteiger partial charge in [0.1, 0.15) is 5.60 Å². The van der Waals surface area contributed by atoms with Gasteiger partial charge in [-0.2, -0.15) is 0 Å². The lowest BCUT2D eigenvalue weighted by molar-refractivity contribution is -0.145. The van der Waals surface area contributed by atoms with Crippen LogP contribution in [-0.2, 0) is 11.0 Å². The average molecular weight is 246 g/mol. The fraction of sp³-hybridized carbons (Fsp3) is 0.647. The molecule has 18 heavy (non-hydrogen) atoms. The molecule has 1 nitrogen and oxygen atoms in total. The Morgan fingerprint density at radius 2 is 1.61 bits per heavy atom. The summed E-state index contributed by atoms with van der Waals surface area (Å²) in [5, 5.41) is 11.2. The van der Waals surface area contributed by atoms with Gasteiger partial charge < -0.3 is 5.11 Å². The molecular formula is C17H26O. The molecule has 0 aliphatic heterocycles. The third kappa shape index (κ3) is 1.43. The number of aliphatic hydroxyl groups is 1. The lowest BCUT2D eigenvalue weighted by Gasteiger charge is -2.60. The fourth-order valence-electron chi connectivity index (χ4n) is 3.56. The largest absolute Gasteiger partial charge is 0.384 e. The molecule has 0 heterocycles. The molecule has 1 N–H and O–H groups in total. The molecule has 0 spiro atoms. The number of hydrogen-bond donors (Lipinski definition) is 1. The summed E-state index contributed by atoms with van der Waals surface area (Å²) in [6.07, 6.45) is 0. The van der Waals surface area contributed by atoms with Gasteiger partial charge in [-0.05, 0) is 28.0 Å². The molecule has 0 aromatic heterocycles. The molecule has 2 rings (SSSR count). The van der Waals surface area contributed by atoms with Crippen LogP contribution >= 0.6 is 0 Å². The predicted molar refractivity (Wildman–Crippen MR) is 76.9 cm³/mol. The van der Waals surface area contributed by atoms with Crippen molar-refractivity contribution in [3.63, 3.8) is 0 Å². The molecular weight excluding hydrogens is 220 g/mol. The standard InChI is InChI=1S/C17H26O/c1-11(2)12-8-9-13-14(10-12)16(6,7)17(13,18)15(3,4)5/h8-11,18H,1-7H3. The van der Waals surface area contributed by atoms with Gasteiger partial charge >= 0.3 is 0 Å². The second kappa shape index (κ2) is 3.60. The molecule has 0 fully saturated rings. The Bertz CT molecular complexity index is 477. The topological polar surface area (TPSA) is 20.2 Å². The van der Waals surface area contributed by atoms with E-state index in [1.165, 1.54) is 11.1 Å². The maximum atomic E-state index is 11.2. The highest BCUT2D eigenvalue weighted by Crippen LogP contribution is 2.62. The van der Waals surface area contributed by atoms with Gasteiger partial charge in [-0.15, -0.1) is 0 Å². The highest BCUT2D eigenvalue weighted by molar-refractivity contribution is 5.54. The van der Waals surface area contributed by atoms with E-state index in [2.05, 4.69) is 66.7 Å². The molecule has 1 atom stereocenters. The fourth-order valence-corrected chi connectivity index (χ4v) is 3.56. The van der Waals surface area contributed by atoms with E-state index in [1.54, 1.807) is 0 Å². The van der Waals surface area contributed by atoms with Crippen LogP contribution in [0.2, 0.25) is 0 Å². The Morgan fingerprint density at radius 1 is 1.06 bits per heavy atom. The van der Waals surface area contributed by atoms with E-state index in [1.807, 2.05) is 0 Å². The van der Waals surface area contributed by atoms with Crippen LogP contribution in [0.3, 0.4) is 0 Å². The summed E-state index contributed by atoms with van der Waals surface area (Å²) >= 11 is 0. The second-order valence-corrected chi connectivity index (χ2v) is 7.55. The zero-order valence-corrected chi connectivity index (χ0v) is 12.8. The van der Waals surface area contributed by atoms with Crippen molar-refractivity contribution in [1.82, 2.24) is 0 Å². The summed E-state index contributed by atoms with van der Waals surface area (Å²) < 4.78 is 0. The number of rotatable bonds is 1. The zero-order chi connectivity index (χ0) is 13.9. The van der Waals surface area contributed by atoms with Crippen LogP contribution < -0.4 is 0 Å². The van der Waals surface area contributed by atoms with Crippen LogP contribution in [0.4, 0.5) is 0 Å². The van der Waals surface area contributed by atoms with Crippen LogP contribution in [0.25, 0.3) is 0 Å². The van der Waals surface area contributed by atoms with Crippen molar-refractivity contribution >= 4 is 0 Å². The lowest BCUT2D eigenvalue weighted by Crippen LogP contribution is -2.62. The monoisotopic (exact) mass is 246 g/mol. The molecule has 0 saturated carbocycles. The quantitative estimate of drug-likeness (QED) is 0.781. The van der Waals surface area contributed by atoms with Gasteiger partial charge in [0.15, 0.2) is 0 Å². The molecule has 1 aliphatic rings. The highest BCUT2D eigenvalue weighted by atomic mass is 16.3. The van der Waals surface area contributed by atoms with Crippen molar-refractivity contribution in [2.24, 2.45) is 5.41 Å². The Kier molecular flexibility index (Phi) is 2.72. The predicted octanol–water partition coefficient (Wildman–Crippen LogP) is 4.33. The Hall–Kier alpha value is -0.820. The van der Waals surface area contributed by atoms with Crippen molar-refractivity contribution in [3.8, 4) is 0 Å². The van der Waals surface area contributed by atoms with Crippen molar-refractivity contribution in [1.29, 1.82) is 0 Å². The van der Waals surface area contributed by atoms with Crippen molar-refractivity contribution in [3.05, 3.63) is 34.9 Å². The Morgan fingerprint density at radius 3 is 2.06 bits per heavy atom. The first-order valence-corrected chi connectivity index (χ1v) is 6.91. The van der Waals surface area contributed by atoms with E-state index in [4.69, 9.17) is 0 Å². The van der Waals surface area contributed by atoms with E-state index in [-0.39, 0.29) is 10.8 Å². The van der Waals surface area contributed by atoms with Crippen LogP contribution in [0.1, 0.15) is 71.1 Å². The molecule has 1 heteroatoms. The molecule has 1 unspecified atom stereocenters.